The van der Waals surface area contributed by atoms with Gasteiger partial charge >= 0.3 is 36.0 Å². The third kappa shape index (κ3) is 11.9. The lowest BCUT2D eigenvalue weighted by molar-refractivity contribution is -0.137. The molecule has 6 rings (SSSR count). The van der Waals surface area contributed by atoms with Gasteiger partial charge in [-0.25, -0.2) is 28.8 Å². The van der Waals surface area contributed by atoms with Crippen molar-refractivity contribution >= 4 is 36.0 Å². The van der Waals surface area contributed by atoms with Crippen LogP contribution < -0.4 is 14.2 Å². The van der Waals surface area contributed by atoms with Gasteiger partial charge in [-0.15, -0.1) is 0 Å². The first-order valence-electron chi connectivity index (χ1n) is 19.2. The zero-order chi connectivity index (χ0) is 42.4. The monoisotopic (exact) mass is 822 g/mol. The van der Waals surface area contributed by atoms with E-state index in [1.807, 2.05) is 19.1 Å². The van der Waals surface area contributed by atoms with Crippen molar-refractivity contribution in [2.45, 2.75) is 57.0 Å². The van der Waals surface area contributed by atoms with Crippen LogP contribution in [-0.4, -0.2) is 86.8 Å². The number of ether oxygens (including phenoxy) is 9. The molecule has 2 fully saturated rings. The molecule has 0 spiro atoms. The molecule has 15 heteroatoms. The second-order valence-corrected chi connectivity index (χ2v) is 13.7. The average molecular weight is 823 g/mol. The Labute approximate surface area is 345 Å². The molecule has 2 unspecified atom stereocenters. The molecule has 2 aliphatic heterocycles. The van der Waals surface area contributed by atoms with E-state index in [1.54, 1.807) is 12.1 Å². The van der Waals surface area contributed by atoms with E-state index in [2.05, 4.69) is 6.58 Å². The second-order valence-electron chi connectivity index (χ2n) is 13.7. The van der Waals surface area contributed by atoms with Crippen LogP contribution >= 0.6 is 0 Å². The predicted octanol–water partition coefficient (Wildman–Crippen LogP) is 6.79. The highest BCUT2D eigenvalue weighted by Crippen LogP contribution is 2.32. The van der Waals surface area contributed by atoms with Crippen molar-refractivity contribution < 1.29 is 71.4 Å². The molecule has 4 aromatic carbocycles. The van der Waals surface area contributed by atoms with Crippen LogP contribution in [0, 0.1) is 6.92 Å². The molecule has 2 aliphatic rings. The fraction of sp³-hybridized carbons (Fsp3) is 0.289. The molecule has 0 N–H and O–H groups in total. The Morgan fingerprint density at radius 1 is 0.533 bits per heavy atom. The van der Waals surface area contributed by atoms with Crippen LogP contribution in [0.25, 0.3) is 0 Å². The number of carbonyl (C=O) groups excluding carboxylic acids is 6. The lowest BCUT2D eigenvalue weighted by Crippen LogP contribution is -2.36. The van der Waals surface area contributed by atoms with E-state index >= 15 is 0 Å². The van der Waals surface area contributed by atoms with E-state index in [0.29, 0.717) is 25.0 Å². The van der Waals surface area contributed by atoms with Gasteiger partial charge in [0.1, 0.15) is 29.5 Å². The maximum Gasteiger partial charge on any atom is 0.513 e. The van der Waals surface area contributed by atoms with E-state index in [1.165, 1.54) is 72.8 Å². The number of rotatable bonds is 17. The highest BCUT2D eigenvalue weighted by molar-refractivity contribution is 5.93. The van der Waals surface area contributed by atoms with Gasteiger partial charge < -0.3 is 42.6 Å². The van der Waals surface area contributed by atoms with Gasteiger partial charge in [-0.3, -0.25) is 0 Å². The minimum absolute atomic E-state index is 0.0239. The lowest BCUT2D eigenvalue weighted by atomic mass is 10.1. The maximum atomic E-state index is 13.0. The molecular formula is C45H42O15. The zero-order valence-electron chi connectivity index (χ0n) is 32.6. The lowest BCUT2D eigenvalue weighted by Gasteiger charge is -2.17. The molecular weight excluding hydrogens is 780 g/mol. The number of hydrogen-bond acceptors (Lipinski definition) is 15. The van der Waals surface area contributed by atoms with Crippen molar-refractivity contribution in [1.82, 2.24) is 0 Å². The maximum absolute atomic E-state index is 13.0. The smallest absolute Gasteiger partial charge is 0.463 e. The molecule has 2 heterocycles. The molecule has 312 valence electrons. The summed E-state index contributed by atoms with van der Waals surface area (Å²) in [4.78, 5) is 74.1. The molecule has 4 atom stereocenters. The first-order chi connectivity index (χ1) is 29.1. The molecule has 0 saturated carbocycles. The SMILES string of the molecule is C=CC(=O)OCCCCCCOC(=O)Oc1ccc(C(=O)Oc2ccc(C(=O)O[C@H]3COC4C3OC[C@H]4OC(=O)c3ccc(OC(=O)c4ccc(C)cc4)cc3)cc2)cc1. The van der Waals surface area contributed by atoms with Gasteiger partial charge in [-0.05, 0) is 118 Å². The minimum atomic E-state index is -0.883. The van der Waals surface area contributed by atoms with Crippen molar-refractivity contribution in [1.29, 1.82) is 0 Å². The molecule has 0 amide bonds. The Morgan fingerprint density at radius 2 is 0.917 bits per heavy atom. The van der Waals surface area contributed by atoms with Gasteiger partial charge in [-0.1, -0.05) is 24.3 Å². The summed E-state index contributed by atoms with van der Waals surface area (Å²) < 4.78 is 48.9. The number of hydrogen-bond donors (Lipinski definition) is 0. The topological polar surface area (TPSA) is 185 Å². The molecule has 0 aliphatic carbocycles. The molecule has 2 saturated heterocycles. The number of fused-ring (bicyclic) bond motifs is 1. The van der Waals surface area contributed by atoms with E-state index in [4.69, 9.17) is 42.6 Å². The van der Waals surface area contributed by atoms with Crippen molar-refractivity contribution in [2.75, 3.05) is 26.4 Å². The fourth-order valence-corrected chi connectivity index (χ4v) is 6.11. The van der Waals surface area contributed by atoms with Crippen LogP contribution in [0.4, 0.5) is 4.79 Å². The van der Waals surface area contributed by atoms with E-state index in [9.17, 15) is 28.8 Å². The third-order valence-electron chi connectivity index (χ3n) is 9.33. The van der Waals surface area contributed by atoms with E-state index in [-0.39, 0.29) is 53.8 Å². The standard InChI is InChI=1S/C45H42O15/c1-3-38(46)52-24-6-4-5-7-25-53-45(51)58-35-22-16-30(17-23-35)42(48)57-34-20-14-32(15-21-34)44(50)60-37-27-55-39-36(26-54-40(37)39)59-43(49)31-12-18-33(19-13-31)56-41(47)29-10-8-28(2)9-11-29/h3,8-23,36-37,39-40H,1,4-7,24-27H2,2H3/t36-,37+,39?,40?/m1/s1. The second kappa shape index (κ2) is 20.7. The zero-order valence-corrected chi connectivity index (χ0v) is 32.6. The molecule has 0 radical (unpaired) electrons. The van der Waals surface area contributed by atoms with Crippen molar-refractivity contribution in [3.8, 4) is 17.2 Å². The van der Waals surface area contributed by atoms with Crippen molar-refractivity contribution in [2.24, 2.45) is 0 Å². The molecule has 0 aromatic heterocycles. The van der Waals surface area contributed by atoms with Gasteiger partial charge in [0.2, 0.25) is 0 Å². The van der Waals surface area contributed by atoms with Crippen molar-refractivity contribution in [3.63, 3.8) is 0 Å². The largest absolute Gasteiger partial charge is 0.513 e. The molecule has 0 bridgehead atoms. The Kier molecular flexibility index (Phi) is 14.8. The summed E-state index contributed by atoms with van der Waals surface area (Å²) in [6.07, 6.45) is 0.263. The normalized spacial score (nSPS) is 17.7. The number of carbonyl (C=O) groups is 6. The first-order valence-corrected chi connectivity index (χ1v) is 19.2. The summed E-state index contributed by atoms with van der Waals surface area (Å²) in [5.74, 6) is -2.35. The van der Waals surface area contributed by atoms with Crippen LogP contribution in [0.5, 0.6) is 17.2 Å². The van der Waals surface area contributed by atoms with Crippen LogP contribution in [0.3, 0.4) is 0 Å². The summed E-state index contributed by atoms with van der Waals surface area (Å²) in [6, 6.07) is 24.4. The van der Waals surface area contributed by atoms with E-state index in [0.717, 1.165) is 24.5 Å². The Hall–Kier alpha value is -6.84. The summed E-state index contributed by atoms with van der Waals surface area (Å²) in [6.45, 7) is 5.77. The summed E-state index contributed by atoms with van der Waals surface area (Å²) >= 11 is 0. The Bertz CT molecular complexity index is 2140. The van der Waals surface area contributed by atoms with Gasteiger partial charge in [0.25, 0.3) is 0 Å². The minimum Gasteiger partial charge on any atom is -0.463 e. The fourth-order valence-electron chi connectivity index (χ4n) is 6.11. The Balaban J connectivity index is 0.891. The van der Waals surface area contributed by atoms with Crippen LogP contribution in [0.1, 0.15) is 72.7 Å². The van der Waals surface area contributed by atoms with E-state index < -0.39 is 60.4 Å². The molecule has 60 heavy (non-hydrogen) atoms. The number of aryl methyl sites for hydroxylation is 1. The predicted molar refractivity (Wildman–Crippen MR) is 210 cm³/mol. The summed E-state index contributed by atoms with van der Waals surface area (Å²) in [5, 5.41) is 0. The average Bonchev–Trinajstić information content (AvgIpc) is 3.85. The first kappa shape index (κ1) is 42.8. The highest BCUT2D eigenvalue weighted by atomic mass is 16.7. The number of esters is 5. The van der Waals surface area contributed by atoms with Gasteiger partial charge in [0.05, 0.1) is 48.7 Å². The highest BCUT2D eigenvalue weighted by Gasteiger charge is 2.51. The van der Waals surface area contributed by atoms with Gasteiger partial charge in [0, 0.05) is 6.08 Å². The summed E-state index contributed by atoms with van der Waals surface area (Å²) in [7, 11) is 0. The third-order valence-corrected chi connectivity index (χ3v) is 9.33. The van der Waals surface area contributed by atoms with Crippen LogP contribution in [0.2, 0.25) is 0 Å². The molecule has 15 nitrogen and oxygen atoms in total. The van der Waals surface area contributed by atoms with Gasteiger partial charge in [-0.2, -0.15) is 0 Å². The summed E-state index contributed by atoms with van der Waals surface area (Å²) in [5.41, 5.74) is 2.02. The number of unbranched alkanes of at least 4 members (excludes halogenated alkanes) is 3. The molecule has 4 aromatic rings. The van der Waals surface area contributed by atoms with Gasteiger partial charge in [0.15, 0.2) is 12.2 Å². The van der Waals surface area contributed by atoms with Crippen LogP contribution in [-0.2, 0) is 33.2 Å². The van der Waals surface area contributed by atoms with Crippen LogP contribution in [0.15, 0.2) is 110 Å². The quantitative estimate of drug-likeness (QED) is 0.0271. The number of benzene rings is 4. The van der Waals surface area contributed by atoms with Crippen molar-refractivity contribution in [3.05, 3.63) is 138 Å². The Morgan fingerprint density at radius 3 is 1.35 bits per heavy atom.